The summed E-state index contributed by atoms with van der Waals surface area (Å²) in [6.07, 6.45) is 4.34. The largest absolute Gasteiger partial charge is 0.304 e. The SMILES string of the molecule is CCCc1ccc(C(C)NCc2ccn(C)n2)cc1. The monoisotopic (exact) mass is 257 g/mol. The van der Waals surface area contributed by atoms with Gasteiger partial charge in [0.2, 0.25) is 0 Å². The van der Waals surface area contributed by atoms with Crippen molar-refractivity contribution in [3.63, 3.8) is 0 Å². The summed E-state index contributed by atoms with van der Waals surface area (Å²) in [7, 11) is 1.94. The fourth-order valence-corrected chi connectivity index (χ4v) is 2.19. The first-order valence-corrected chi connectivity index (χ1v) is 6.99. The van der Waals surface area contributed by atoms with Crippen molar-refractivity contribution in [3.8, 4) is 0 Å². The van der Waals surface area contributed by atoms with E-state index in [1.165, 1.54) is 17.5 Å². The predicted molar refractivity (Wildman–Crippen MR) is 78.9 cm³/mol. The molecule has 1 aromatic carbocycles. The standard InChI is InChI=1S/C16H23N3/c1-4-5-14-6-8-15(9-7-14)13(2)17-12-16-10-11-19(3)18-16/h6-11,13,17H,4-5,12H2,1-3H3. The Morgan fingerprint density at radius 3 is 2.53 bits per heavy atom. The molecule has 1 unspecified atom stereocenters. The fraction of sp³-hybridized carbons (Fsp3) is 0.438. The summed E-state index contributed by atoms with van der Waals surface area (Å²) in [4.78, 5) is 0. The molecule has 102 valence electrons. The highest BCUT2D eigenvalue weighted by Crippen LogP contribution is 2.14. The highest BCUT2D eigenvalue weighted by molar-refractivity contribution is 5.24. The summed E-state index contributed by atoms with van der Waals surface area (Å²) in [5.74, 6) is 0. The molecule has 1 aromatic heterocycles. The van der Waals surface area contributed by atoms with Crippen molar-refractivity contribution in [1.29, 1.82) is 0 Å². The van der Waals surface area contributed by atoms with Gasteiger partial charge in [0, 0.05) is 25.8 Å². The van der Waals surface area contributed by atoms with Crippen molar-refractivity contribution in [3.05, 3.63) is 53.3 Å². The Kier molecular flexibility index (Phi) is 4.74. The third-order valence-corrected chi connectivity index (χ3v) is 3.38. The lowest BCUT2D eigenvalue weighted by Gasteiger charge is -2.14. The molecule has 2 aromatic rings. The predicted octanol–water partition coefficient (Wildman–Crippen LogP) is 3.22. The molecule has 0 spiro atoms. The van der Waals surface area contributed by atoms with Crippen LogP contribution in [0.15, 0.2) is 36.5 Å². The normalized spacial score (nSPS) is 12.6. The van der Waals surface area contributed by atoms with Crippen LogP contribution >= 0.6 is 0 Å². The highest BCUT2D eigenvalue weighted by Gasteiger charge is 2.05. The van der Waals surface area contributed by atoms with Crippen LogP contribution in [0.3, 0.4) is 0 Å². The molecule has 0 fully saturated rings. The van der Waals surface area contributed by atoms with E-state index >= 15 is 0 Å². The number of benzene rings is 1. The third-order valence-electron chi connectivity index (χ3n) is 3.38. The van der Waals surface area contributed by atoms with E-state index in [4.69, 9.17) is 0 Å². The number of nitrogens with zero attached hydrogens (tertiary/aromatic N) is 2. The first kappa shape index (κ1) is 13.8. The molecule has 0 amide bonds. The lowest BCUT2D eigenvalue weighted by atomic mass is 10.0. The summed E-state index contributed by atoms with van der Waals surface area (Å²) < 4.78 is 1.83. The zero-order valence-corrected chi connectivity index (χ0v) is 12.1. The Labute approximate surface area is 115 Å². The Balaban J connectivity index is 1.90. The van der Waals surface area contributed by atoms with Gasteiger partial charge >= 0.3 is 0 Å². The van der Waals surface area contributed by atoms with Gasteiger partial charge in [-0.15, -0.1) is 0 Å². The molecule has 3 heteroatoms. The van der Waals surface area contributed by atoms with Gasteiger partial charge in [0.15, 0.2) is 0 Å². The highest BCUT2D eigenvalue weighted by atomic mass is 15.3. The van der Waals surface area contributed by atoms with Crippen LogP contribution in [-0.4, -0.2) is 9.78 Å². The number of rotatable bonds is 6. The first-order chi connectivity index (χ1) is 9.19. The third kappa shape index (κ3) is 3.93. The second kappa shape index (κ2) is 6.53. The van der Waals surface area contributed by atoms with E-state index in [1.54, 1.807) is 0 Å². The number of nitrogens with one attached hydrogen (secondary N) is 1. The van der Waals surface area contributed by atoms with Gasteiger partial charge in [0.25, 0.3) is 0 Å². The lowest BCUT2D eigenvalue weighted by Crippen LogP contribution is -2.18. The zero-order chi connectivity index (χ0) is 13.7. The summed E-state index contributed by atoms with van der Waals surface area (Å²) in [5.41, 5.74) is 3.83. The van der Waals surface area contributed by atoms with Crippen molar-refractivity contribution in [1.82, 2.24) is 15.1 Å². The molecule has 1 heterocycles. The molecular weight excluding hydrogens is 234 g/mol. The van der Waals surface area contributed by atoms with E-state index in [0.717, 1.165) is 18.7 Å². The van der Waals surface area contributed by atoms with Gasteiger partial charge in [-0.1, -0.05) is 37.6 Å². The maximum absolute atomic E-state index is 4.37. The van der Waals surface area contributed by atoms with Crippen LogP contribution in [0, 0.1) is 0 Å². The molecule has 0 radical (unpaired) electrons. The summed E-state index contributed by atoms with van der Waals surface area (Å²) in [5, 5.41) is 7.87. The van der Waals surface area contributed by atoms with Gasteiger partial charge in [0.05, 0.1) is 5.69 Å². The minimum Gasteiger partial charge on any atom is -0.304 e. The zero-order valence-electron chi connectivity index (χ0n) is 12.1. The minimum absolute atomic E-state index is 0.345. The Bertz CT molecular complexity index is 499. The van der Waals surface area contributed by atoms with Crippen LogP contribution < -0.4 is 5.32 Å². The van der Waals surface area contributed by atoms with Crippen molar-refractivity contribution >= 4 is 0 Å². The fourth-order valence-electron chi connectivity index (χ4n) is 2.19. The molecule has 3 nitrogen and oxygen atoms in total. The van der Waals surface area contributed by atoms with E-state index in [-0.39, 0.29) is 0 Å². The second-order valence-corrected chi connectivity index (χ2v) is 5.07. The molecule has 1 atom stereocenters. The van der Waals surface area contributed by atoms with E-state index in [2.05, 4.69) is 48.5 Å². The summed E-state index contributed by atoms with van der Waals surface area (Å²) in [6.45, 7) is 5.21. The maximum atomic E-state index is 4.37. The first-order valence-electron chi connectivity index (χ1n) is 6.99. The van der Waals surface area contributed by atoms with Crippen LogP contribution in [-0.2, 0) is 20.0 Å². The van der Waals surface area contributed by atoms with Gasteiger partial charge in [-0.3, -0.25) is 4.68 Å². The van der Waals surface area contributed by atoms with Gasteiger partial charge in [0.1, 0.15) is 0 Å². The van der Waals surface area contributed by atoms with Crippen molar-refractivity contribution < 1.29 is 0 Å². The molecule has 0 aliphatic rings. The molecule has 19 heavy (non-hydrogen) atoms. The smallest absolute Gasteiger partial charge is 0.0762 e. The molecule has 0 aliphatic heterocycles. The van der Waals surface area contributed by atoms with Crippen molar-refractivity contribution in [2.75, 3.05) is 0 Å². The Morgan fingerprint density at radius 2 is 1.95 bits per heavy atom. The molecule has 0 bridgehead atoms. The van der Waals surface area contributed by atoms with Gasteiger partial charge in [-0.2, -0.15) is 5.10 Å². The quantitative estimate of drug-likeness (QED) is 0.861. The average Bonchev–Trinajstić information content (AvgIpc) is 2.83. The summed E-state index contributed by atoms with van der Waals surface area (Å²) in [6, 6.07) is 11.3. The molecule has 0 saturated carbocycles. The number of aryl methyl sites for hydroxylation is 2. The molecular formula is C16H23N3. The van der Waals surface area contributed by atoms with Crippen LogP contribution in [0.2, 0.25) is 0 Å². The van der Waals surface area contributed by atoms with Crippen LogP contribution in [0.4, 0.5) is 0 Å². The number of hydrogen-bond acceptors (Lipinski definition) is 2. The molecule has 0 saturated heterocycles. The Hall–Kier alpha value is -1.61. The topological polar surface area (TPSA) is 29.9 Å². The van der Waals surface area contributed by atoms with Crippen LogP contribution in [0.1, 0.15) is 43.1 Å². The average molecular weight is 257 g/mol. The maximum Gasteiger partial charge on any atom is 0.0762 e. The molecule has 1 N–H and O–H groups in total. The van der Waals surface area contributed by atoms with E-state index in [9.17, 15) is 0 Å². The van der Waals surface area contributed by atoms with E-state index < -0.39 is 0 Å². The van der Waals surface area contributed by atoms with Crippen LogP contribution in [0.5, 0.6) is 0 Å². The minimum atomic E-state index is 0.345. The van der Waals surface area contributed by atoms with E-state index in [1.807, 2.05) is 24.0 Å². The van der Waals surface area contributed by atoms with Gasteiger partial charge in [-0.05, 0) is 30.5 Å². The second-order valence-electron chi connectivity index (χ2n) is 5.07. The van der Waals surface area contributed by atoms with Crippen LogP contribution in [0.25, 0.3) is 0 Å². The molecule has 2 rings (SSSR count). The Morgan fingerprint density at radius 1 is 1.21 bits per heavy atom. The number of aromatic nitrogens is 2. The van der Waals surface area contributed by atoms with Crippen molar-refractivity contribution in [2.45, 2.75) is 39.3 Å². The molecule has 0 aliphatic carbocycles. The summed E-state index contributed by atoms with van der Waals surface area (Å²) >= 11 is 0. The lowest BCUT2D eigenvalue weighted by molar-refractivity contribution is 0.561. The van der Waals surface area contributed by atoms with Gasteiger partial charge < -0.3 is 5.32 Å². The van der Waals surface area contributed by atoms with E-state index in [0.29, 0.717) is 6.04 Å². The van der Waals surface area contributed by atoms with Crippen molar-refractivity contribution in [2.24, 2.45) is 7.05 Å². The number of hydrogen-bond donors (Lipinski definition) is 1. The van der Waals surface area contributed by atoms with Gasteiger partial charge in [-0.25, -0.2) is 0 Å².